The van der Waals surface area contributed by atoms with Gasteiger partial charge < -0.3 is 21.3 Å². The molecule has 4 N–H and O–H groups in total. The van der Waals surface area contributed by atoms with E-state index >= 15 is 0 Å². The summed E-state index contributed by atoms with van der Waals surface area (Å²) < 4.78 is 13.2. The summed E-state index contributed by atoms with van der Waals surface area (Å²) in [5.74, 6) is 1.02. The number of nitrogen functional groups attached to an aromatic ring is 1. The monoisotopic (exact) mass is 322 g/mol. The van der Waals surface area contributed by atoms with Crippen molar-refractivity contribution in [1.82, 2.24) is 15.3 Å². The number of nitrogens with two attached hydrogens (primary N) is 1. The molecule has 0 unspecified atom stereocenters. The molecule has 0 amide bonds. The van der Waals surface area contributed by atoms with Gasteiger partial charge in [-0.1, -0.05) is 11.6 Å². The van der Waals surface area contributed by atoms with Crippen LogP contribution in [0.5, 0.6) is 0 Å². The molecule has 6 nitrogen and oxygen atoms in total. The summed E-state index contributed by atoms with van der Waals surface area (Å²) in [6.07, 6.45) is 0. The number of halogens is 2. The third kappa shape index (κ3) is 3.05. The van der Waals surface area contributed by atoms with Crippen molar-refractivity contribution in [3.05, 3.63) is 35.1 Å². The number of benzene rings is 1. The van der Waals surface area contributed by atoms with Crippen molar-refractivity contribution in [2.75, 3.05) is 36.1 Å². The Hall–Kier alpha value is -2.12. The van der Waals surface area contributed by atoms with Crippen molar-refractivity contribution in [1.29, 1.82) is 0 Å². The fourth-order valence-corrected chi connectivity index (χ4v) is 2.43. The highest BCUT2D eigenvalue weighted by Gasteiger charge is 2.26. The number of hydrogen-bond donors (Lipinski definition) is 3. The van der Waals surface area contributed by atoms with E-state index in [1.807, 2.05) is 7.05 Å². The molecule has 1 aliphatic heterocycles. The van der Waals surface area contributed by atoms with E-state index in [0.717, 1.165) is 18.9 Å². The lowest BCUT2D eigenvalue weighted by atomic mass is 10.1. The fourth-order valence-electron chi connectivity index (χ4n) is 2.25. The lowest BCUT2D eigenvalue weighted by molar-refractivity contribution is 0.447. The molecule has 0 saturated carbocycles. The number of nitrogens with zero attached hydrogens (tertiary/aromatic N) is 3. The van der Waals surface area contributed by atoms with Crippen LogP contribution in [0.1, 0.15) is 0 Å². The second-order valence-electron chi connectivity index (χ2n) is 5.11. The predicted octanol–water partition coefficient (Wildman–Crippen LogP) is 2.00. The number of likely N-dealkylation sites (N-methyl/N-ethyl adjacent to an activating group) is 1. The second kappa shape index (κ2) is 5.94. The third-order valence-electron chi connectivity index (χ3n) is 3.54. The maximum Gasteiger partial charge on any atom is 0.223 e. The fraction of sp³-hybridized carbons (Fsp3) is 0.286. The van der Waals surface area contributed by atoms with Crippen molar-refractivity contribution in [3.8, 4) is 0 Å². The molecule has 8 heteroatoms. The van der Waals surface area contributed by atoms with Gasteiger partial charge in [-0.15, -0.1) is 0 Å². The minimum absolute atomic E-state index is 0.0480. The highest BCUT2D eigenvalue weighted by Crippen LogP contribution is 2.26. The molecule has 1 aromatic heterocycles. The van der Waals surface area contributed by atoms with Crippen molar-refractivity contribution >= 4 is 34.9 Å². The van der Waals surface area contributed by atoms with Crippen LogP contribution in [0.25, 0.3) is 0 Å². The van der Waals surface area contributed by atoms with Crippen LogP contribution < -0.4 is 21.3 Å². The molecule has 1 fully saturated rings. The highest BCUT2D eigenvalue weighted by atomic mass is 35.5. The lowest BCUT2D eigenvalue weighted by Gasteiger charge is -2.40. The summed E-state index contributed by atoms with van der Waals surface area (Å²) in [7, 11) is 1.93. The zero-order chi connectivity index (χ0) is 15.7. The molecular weight excluding hydrogens is 307 g/mol. The number of hydrogen-bond acceptors (Lipinski definition) is 6. The zero-order valence-corrected chi connectivity index (χ0v) is 12.7. The van der Waals surface area contributed by atoms with Gasteiger partial charge in [0.15, 0.2) is 0 Å². The summed E-state index contributed by atoms with van der Waals surface area (Å²) >= 11 is 5.77. The molecule has 3 rings (SSSR count). The zero-order valence-electron chi connectivity index (χ0n) is 12.0. The third-order valence-corrected chi connectivity index (χ3v) is 3.83. The van der Waals surface area contributed by atoms with E-state index in [0.29, 0.717) is 17.5 Å². The van der Waals surface area contributed by atoms with E-state index in [4.69, 9.17) is 17.3 Å². The molecule has 0 aliphatic carbocycles. The maximum absolute atomic E-state index is 13.2. The first-order valence-electron chi connectivity index (χ1n) is 6.84. The van der Waals surface area contributed by atoms with Gasteiger partial charge in [-0.2, -0.15) is 9.97 Å². The molecule has 2 aromatic rings. The highest BCUT2D eigenvalue weighted by molar-refractivity contribution is 6.31. The minimum atomic E-state index is -0.464. The molecular formula is C14H16ClFN6. The van der Waals surface area contributed by atoms with Gasteiger partial charge in [-0.3, -0.25) is 0 Å². The Morgan fingerprint density at radius 2 is 2.09 bits per heavy atom. The van der Waals surface area contributed by atoms with Gasteiger partial charge in [0, 0.05) is 30.9 Å². The number of rotatable bonds is 4. The van der Waals surface area contributed by atoms with Crippen LogP contribution in [-0.4, -0.2) is 36.1 Å². The molecule has 0 spiro atoms. The van der Waals surface area contributed by atoms with Crippen LogP contribution >= 0.6 is 11.6 Å². The van der Waals surface area contributed by atoms with Gasteiger partial charge >= 0.3 is 0 Å². The first-order chi connectivity index (χ1) is 10.5. The van der Waals surface area contributed by atoms with E-state index in [1.54, 1.807) is 12.1 Å². The van der Waals surface area contributed by atoms with Gasteiger partial charge in [-0.25, -0.2) is 4.39 Å². The van der Waals surface area contributed by atoms with E-state index in [1.165, 1.54) is 12.1 Å². The summed E-state index contributed by atoms with van der Waals surface area (Å²) in [6.45, 7) is 1.74. The topological polar surface area (TPSA) is 79.1 Å². The lowest BCUT2D eigenvalue weighted by Crippen LogP contribution is -2.57. The van der Waals surface area contributed by atoms with E-state index in [9.17, 15) is 4.39 Å². The number of aromatic nitrogens is 2. The van der Waals surface area contributed by atoms with Gasteiger partial charge in [-0.05, 0) is 25.2 Å². The van der Waals surface area contributed by atoms with Crippen LogP contribution in [0.3, 0.4) is 0 Å². The summed E-state index contributed by atoms with van der Waals surface area (Å²) in [5, 5.41) is 6.30. The molecule has 0 bridgehead atoms. The van der Waals surface area contributed by atoms with Crippen LogP contribution in [0, 0.1) is 5.82 Å². The van der Waals surface area contributed by atoms with Gasteiger partial charge in [0.1, 0.15) is 17.5 Å². The predicted molar refractivity (Wildman–Crippen MR) is 86.2 cm³/mol. The van der Waals surface area contributed by atoms with Crippen molar-refractivity contribution < 1.29 is 4.39 Å². The smallest absolute Gasteiger partial charge is 0.223 e. The van der Waals surface area contributed by atoms with Gasteiger partial charge in [0.05, 0.1) is 5.02 Å². The van der Waals surface area contributed by atoms with Crippen LogP contribution in [0.15, 0.2) is 24.3 Å². The minimum Gasteiger partial charge on any atom is -0.368 e. The summed E-state index contributed by atoms with van der Waals surface area (Å²) in [5.41, 5.74) is 6.39. The molecule has 0 radical (unpaired) electrons. The number of anilines is 4. The SMILES string of the molecule is CNC1CN(c2cc(Nc3ccc(F)c(Cl)c3)nc(N)n2)C1. The van der Waals surface area contributed by atoms with Crippen LogP contribution in [-0.2, 0) is 0 Å². The molecule has 116 valence electrons. The quantitative estimate of drug-likeness (QED) is 0.799. The Morgan fingerprint density at radius 1 is 1.32 bits per heavy atom. The Balaban J connectivity index is 1.79. The van der Waals surface area contributed by atoms with Crippen molar-refractivity contribution in [2.45, 2.75) is 6.04 Å². The first kappa shape index (κ1) is 14.8. The van der Waals surface area contributed by atoms with Crippen LogP contribution in [0.2, 0.25) is 5.02 Å². The Kier molecular flexibility index (Phi) is 4.00. The molecule has 1 aromatic carbocycles. The number of nitrogens with one attached hydrogen (secondary N) is 2. The second-order valence-corrected chi connectivity index (χ2v) is 5.52. The van der Waals surface area contributed by atoms with E-state index in [2.05, 4.69) is 25.5 Å². The molecule has 0 atom stereocenters. The normalized spacial score (nSPS) is 14.8. The Labute approximate surface area is 132 Å². The van der Waals surface area contributed by atoms with Gasteiger partial charge in [0.2, 0.25) is 5.95 Å². The summed E-state index contributed by atoms with van der Waals surface area (Å²) in [4.78, 5) is 10.5. The molecule has 1 aliphatic rings. The Bertz CT molecular complexity index is 689. The first-order valence-corrected chi connectivity index (χ1v) is 7.22. The maximum atomic E-state index is 13.2. The van der Waals surface area contributed by atoms with Crippen molar-refractivity contribution in [3.63, 3.8) is 0 Å². The van der Waals surface area contributed by atoms with E-state index < -0.39 is 5.82 Å². The largest absolute Gasteiger partial charge is 0.368 e. The van der Waals surface area contributed by atoms with Crippen molar-refractivity contribution in [2.24, 2.45) is 0 Å². The molecule has 1 saturated heterocycles. The average molecular weight is 323 g/mol. The van der Waals surface area contributed by atoms with Gasteiger partial charge in [0.25, 0.3) is 0 Å². The molecule has 22 heavy (non-hydrogen) atoms. The summed E-state index contributed by atoms with van der Waals surface area (Å²) in [6, 6.07) is 6.64. The van der Waals surface area contributed by atoms with Crippen LogP contribution in [0.4, 0.5) is 27.7 Å². The Morgan fingerprint density at radius 3 is 2.77 bits per heavy atom. The standard InChI is InChI=1S/C14H16ClFN6/c1-18-9-6-22(7-9)13-5-12(20-14(17)21-13)19-8-2-3-11(16)10(15)4-8/h2-5,9,18H,6-7H2,1H3,(H3,17,19,20,21). The van der Waals surface area contributed by atoms with E-state index in [-0.39, 0.29) is 11.0 Å². The average Bonchev–Trinajstić information content (AvgIpc) is 2.41. The molecule has 2 heterocycles.